The average molecular weight is 349 g/mol. The number of aromatic nitrogens is 3. The van der Waals surface area contributed by atoms with Gasteiger partial charge in [-0.1, -0.05) is 18.5 Å². The molecule has 1 N–H and O–H groups in total. The molecule has 0 fully saturated rings. The predicted octanol–water partition coefficient (Wildman–Crippen LogP) is 2.37. The van der Waals surface area contributed by atoms with Gasteiger partial charge in [0.25, 0.3) is 0 Å². The van der Waals surface area contributed by atoms with Gasteiger partial charge in [0.1, 0.15) is 19.0 Å². The fraction of sp³-hybridized carbons (Fsp3) is 0.529. The molecule has 1 atom stereocenters. The van der Waals surface area contributed by atoms with E-state index in [1.807, 2.05) is 16.8 Å². The van der Waals surface area contributed by atoms with Crippen LogP contribution in [0.1, 0.15) is 30.6 Å². The Morgan fingerprint density at radius 3 is 3.08 bits per heavy atom. The number of rotatable bonds is 4. The minimum absolute atomic E-state index is 0.385. The Hall–Kier alpha value is -1.79. The normalized spacial score (nSPS) is 19.2. The summed E-state index contributed by atoms with van der Waals surface area (Å²) in [5.41, 5.74) is 1.10. The lowest BCUT2D eigenvalue weighted by Gasteiger charge is -2.24. The molecule has 0 aliphatic carbocycles. The third-order valence-electron chi connectivity index (χ3n) is 4.47. The van der Waals surface area contributed by atoms with Gasteiger partial charge < -0.3 is 14.8 Å². The van der Waals surface area contributed by atoms with Gasteiger partial charge in [0.2, 0.25) is 0 Å². The number of aryl methyl sites for hydroxylation is 2. The summed E-state index contributed by atoms with van der Waals surface area (Å²) in [6.07, 6.45) is 2.92. The highest BCUT2D eigenvalue weighted by Crippen LogP contribution is 2.38. The molecule has 2 aliphatic heterocycles. The van der Waals surface area contributed by atoms with Crippen LogP contribution in [-0.2, 0) is 25.9 Å². The van der Waals surface area contributed by atoms with Gasteiger partial charge in [-0.15, -0.1) is 0 Å². The fourth-order valence-corrected chi connectivity index (χ4v) is 3.49. The van der Waals surface area contributed by atoms with E-state index < -0.39 is 0 Å². The standard InChI is InChI=1S/C17H21ClN4O2/c1-2-15-20-16-4-3-12(10-22(16)21-15)19-9-11-7-13(18)17-14(8-11)23-5-6-24-17/h7-8,12,19H,2-6,9-10H2,1H3/t12-/m1/s1. The summed E-state index contributed by atoms with van der Waals surface area (Å²) in [5, 5.41) is 8.76. The van der Waals surface area contributed by atoms with Crippen LogP contribution < -0.4 is 14.8 Å². The molecule has 7 heteroatoms. The van der Waals surface area contributed by atoms with E-state index in [-0.39, 0.29) is 0 Å². The molecule has 2 aromatic rings. The van der Waals surface area contributed by atoms with E-state index in [0.717, 1.165) is 55.3 Å². The zero-order valence-electron chi connectivity index (χ0n) is 13.7. The van der Waals surface area contributed by atoms with E-state index in [1.165, 1.54) is 0 Å². The van der Waals surface area contributed by atoms with Crippen LogP contribution >= 0.6 is 11.6 Å². The van der Waals surface area contributed by atoms with Crippen molar-refractivity contribution in [3.63, 3.8) is 0 Å². The van der Waals surface area contributed by atoms with Crippen LogP contribution in [0.5, 0.6) is 11.5 Å². The lowest BCUT2D eigenvalue weighted by atomic mass is 10.1. The Labute approximate surface area is 146 Å². The minimum Gasteiger partial charge on any atom is -0.486 e. The van der Waals surface area contributed by atoms with Crippen molar-refractivity contribution in [2.24, 2.45) is 0 Å². The maximum absolute atomic E-state index is 6.30. The first-order valence-corrected chi connectivity index (χ1v) is 8.84. The third kappa shape index (κ3) is 3.08. The predicted molar refractivity (Wildman–Crippen MR) is 90.8 cm³/mol. The number of ether oxygens (including phenoxy) is 2. The number of halogens is 1. The van der Waals surface area contributed by atoms with Crippen molar-refractivity contribution in [2.45, 2.75) is 45.3 Å². The molecule has 0 radical (unpaired) electrons. The van der Waals surface area contributed by atoms with Crippen molar-refractivity contribution in [3.05, 3.63) is 34.4 Å². The van der Waals surface area contributed by atoms with Crippen molar-refractivity contribution in [2.75, 3.05) is 13.2 Å². The summed E-state index contributed by atoms with van der Waals surface area (Å²) < 4.78 is 13.2. The number of hydrogen-bond donors (Lipinski definition) is 1. The van der Waals surface area contributed by atoms with Gasteiger partial charge in [0.05, 0.1) is 11.6 Å². The summed E-state index contributed by atoms with van der Waals surface area (Å²) in [6, 6.07) is 4.34. The first-order chi connectivity index (χ1) is 11.7. The van der Waals surface area contributed by atoms with E-state index in [1.54, 1.807) is 0 Å². The minimum atomic E-state index is 0.385. The molecule has 1 aromatic heterocycles. The second-order valence-corrected chi connectivity index (χ2v) is 6.61. The van der Waals surface area contributed by atoms with Crippen molar-refractivity contribution >= 4 is 11.6 Å². The quantitative estimate of drug-likeness (QED) is 0.919. The Balaban J connectivity index is 1.41. The second kappa shape index (κ2) is 6.61. The summed E-state index contributed by atoms with van der Waals surface area (Å²) in [5.74, 6) is 3.43. The fourth-order valence-electron chi connectivity index (χ4n) is 3.21. The van der Waals surface area contributed by atoms with Gasteiger partial charge in [-0.05, 0) is 24.1 Å². The van der Waals surface area contributed by atoms with Crippen LogP contribution in [0.25, 0.3) is 0 Å². The highest BCUT2D eigenvalue weighted by Gasteiger charge is 2.22. The largest absolute Gasteiger partial charge is 0.486 e. The van der Waals surface area contributed by atoms with Gasteiger partial charge in [0.15, 0.2) is 17.3 Å². The van der Waals surface area contributed by atoms with Gasteiger partial charge in [0, 0.05) is 25.4 Å². The molecule has 24 heavy (non-hydrogen) atoms. The van der Waals surface area contributed by atoms with Crippen LogP contribution in [0.3, 0.4) is 0 Å². The number of nitrogens with zero attached hydrogens (tertiary/aromatic N) is 3. The maximum Gasteiger partial charge on any atom is 0.179 e. The number of hydrogen-bond acceptors (Lipinski definition) is 5. The number of nitrogens with one attached hydrogen (secondary N) is 1. The van der Waals surface area contributed by atoms with E-state index in [9.17, 15) is 0 Å². The van der Waals surface area contributed by atoms with Crippen molar-refractivity contribution < 1.29 is 9.47 Å². The van der Waals surface area contributed by atoms with Gasteiger partial charge in [-0.3, -0.25) is 0 Å². The lowest BCUT2D eigenvalue weighted by Crippen LogP contribution is -2.37. The molecular formula is C17H21ClN4O2. The topological polar surface area (TPSA) is 61.2 Å². The average Bonchev–Trinajstić information content (AvgIpc) is 3.02. The highest BCUT2D eigenvalue weighted by molar-refractivity contribution is 6.32. The molecule has 0 spiro atoms. The van der Waals surface area contributed by atoms with E-state index in [4.69, 9.17) is 21.1 Å². The van der Waals surface area contributed by atoms with Crippen molar-refractivity contribution in [3.8, 4) is 11.5 Å². The van der Waals surface area contributed by atoms with Crippen LogP contribution in [-0.4, -0.2) is 34.0 Å². The summed E-state index contributed by atoms with van der Waals surface area (Å²) in [4.78, 5) is 4.56. The lowest BCUT2D eigenvalue weighted by molar-refractivity contribution is 0.171. The number of fused-ring (bicyclic) bond motifs is 2. The van der Waals surface area contributed by atoms with E-state index in [2.05, 4.69) is 22.3 Å². The monoisotopic (exact) mass is 348 g/mol. The smallest absolute Gasteiger partial charge is 0.179 e. The second-order valence-electron chi connectivity index (χ2n) is 6.20. The molecule has 6 nitrogen and oxygen atoms in total. The summed E-state index contributed by atoms with van der Waals surface area (Å²) in [7, 11) is 0. The Bertz CT molecular complexity index is 746. The first kappa shape index (κ1) is 15.7. The Kier molecular flexibility index (Phi) is 4.33. The molecular weight excluding hydrogens is 328 g/mol. The van der Waals surface area contributed by atoms with Crippen LogP contribution in [0.2, 0.25) is 5.02 Å². The summed E-state index contributed by atoms with van der Waals surface area (Å²) in [6.45, 7) is 4.80. The van der Waals surface area contributed by atoms with E-state index in [0.29, 0.717) is 30.0 Å². The molecule has 1 aromatic carbocycles. The Morgan fingerprint density at radius 2 is 2.21 bits per heavy atom. The number of benzene rings is 1. The molecule has 128 valence electrons. The molecule has 0 saturated heterocycles. The molecule has 0 amide bonds. The zero-order chi connectivity index (χ0) is 16.5. The molecule has 4 rings (SSSR count). The van der Waals surface area contributed by atoms with Crippen molar-refractivity contribution in [1.29, 1.82) is 0 Å². The molecule has 3 heterocycles. The molecule has 0 saturated carbocycles. The molecule has 0 unspecified atom stereocenters. The van der Waals surface area contributed by atoms with Crippen LogP contribution in [0.4, 0.5) is 0 Å². The zero-order valence-corrected chi connectivity index (χ0v) is 14.5. The SMILES string of the molecule is CCc1nc2n(n1)C[C@H](NCc1cc(Cl)c3c(c1)OCCO3)CC2. The molecule has 0 bridgehead atoms. The summed E-state index contributed by atoms with van der Waals surface area (Å²) >= 11 is 6.30. The van der Waals surface area contributed by atoms with E-state index >= 15 is 0 Å². The third-order valence-corrected chi connectivity index (χ3v) is 4.75. The highest BCUT2D eigenvalue weighted by atomic mass is 35.5. The van der Waals surface area contributed by atoms with Crippen molar-refractivity contribution in [1.82, 2.24) is 20.1 Å². The van der Waals surface area contributed by atoms with Crippen LogP contribution in [0.15, 0.2) is 12.1 Å². The first-order valence-electron chi connectivity index (χ1n) is 8.47. The van der Waals surface area contributed by atoms with Gasteiger partial charge in [-0.2, -0.15) is 5.10 Å². The Morgan fingerprint density at radius 1 is 1.33 bits per heavy atom. The van der Waals surface area contributed by atoms with Crippen LogP contribution in [0, 0.1) is 0 Å². The van der Waals surface area contributed by atoms with Gasteiger partial charge >= 0.3 is 0 Å². The maximum atomic E-state index is 6.30. The van der Waals surface area contributed by atoms with Gasteiger partial charge in [-0.25, -0.2) is 9.67 Å². The molecule has 2 aliphatic rings.